The lowest BCUT2D eigenvalue weighted by Gasteiger charge is -2.51. The normalized spacial score (nSPS) is 13.2. The molecule has 1 atom stereocenters. The van der Waals surface area contributed by atoms with E-state index in [4.69, 9.17) is 0 Å². The summed E-state index contributed by atoms with van der Waals surface area (Å²) in [6.07, 6.45) is 51.9. The van der Waals surface area contributed by atoms with Gasteiger partial charge in [-0.05, 0) is 52.4 Å². The van der Waals surface area contributed by atoms with Crippen molar-refractivity contribution in [3.05, 3.63) is 35.9 Å². The molecule has 0 saturated heterocycles. The Morgan fingerprint density at radius 3 is 0.750 bits per heavy atom. The van der Waals surface area contributed by atoms with E-state index >= 15 is 0 Å². The van der Waals surface area contributed by atoms with Crippen molar-refractivity contribution in [2.75, 3.05) is 19.6 Å². The highest BCUT2D eigenvalue weighted by molar-refractivity contribution is 5.21. The first-order valence-electron chi connectivity index (χ1n) is 24.5. The fraction of sp³-hybridized carbons (Fsp3) is 0.882. The van der Waals surface area contributed by atoms with E-state index < -0.39 is 0 Å². The lowest BCUT2D eigenvalue weighted by atomic mass is 9.87. The maximum Gasteiger partial charge on any atom is 0.119 e. The minimum Gasteiger partial charge on any atom is -0.315 e. The van der Waals surface area contributed by atoms with Crippen molar-refractivity contribution in [1.82, 2.24) is 0 Å². The number of hydrogen-bond acceptors (Lipinski definition) is 0. The summed E-state index contributed by atoms with van der Waals surface area (Å²) in [5.74, 6) is 0. The fourth-order valence-corrected chi connectivity index (χ4v) is 9.06. The molecule has 1 rings (SSSR count). The second-order valence-electron chi connectivity index (χ2n) is 17.9. The summed E-state index contributed by atoms with van der Waals surface area (Å²) in [6, 6.07) is 11.7. The van der Waals surface area contributed by atoms with Gasteiger partial charge in [-0.25, -0.2) is 0 Å². The van der Waals surface area contributed by atoms with Crippen molar-refractivity contribution in [2.24, 2.45) is 0 Å². The summed E-state index contributed by atoms with van der Waals surface area (Å²) in [5, 5.41) is 0. The summed E-state index contributed by atoms with van der Waals surface area (Å²) < 4.78 is 1.31. The van der Waals surface area contributed by atoms with E-state index in [0.717, 1.165) is 0 Å². The molecule has 0 heterocycles. The van der Waals surface area contributed by atoms with E-state index in [2.05, 4.69) is 65.0 Å². The van der Waals surface area contributed by atoms with Crippen LogP contribution < -0.4 is 0 Å². The zero-order chi connectivity index (χ0) is 37.7. The van der Waals surface area contributed by atoms with Crippen LogP contribution in [0.2, 0.25) is 0 Å². The Morgan fingerprint density at radius 1 is 0.308 bits per heavy atom. The summed E-state index contributed by atoms with van der Waals surface area (Å²) >= 11 is 0. The van der Waals surface area contributed by atoms with Gasteiger partial charge in [-0.2, -0.15) is 0 Å². The maximum atomic E-state index is 2.61. The lowest BCUT2D eigenvalue weighted by molar-refractivity contribution is -0.980. The number of rotatable bonds is 41. The van der Waals surface area contributed by atoms with Crippen LogP contribution in [-0.2, 0) is 5.54 Å². The first kappa shape index (κ1) is 49.2. The van der Waals surface area contributed by atoms with E-state index in [0.29, 0.717) is 0 Å². The SMILES string of the molecule is CCCCCCCCCCCCCCCC[N+](CCCCCCCCCCCC)(CCCCCCCCCCCCCC)C(C)(C)c1ccccc1. The Kier molecular flexibility index (Phi) is 33.9. The Morgan fingerprint density at radius 2 is 0.519 bits per heavy atom. The van der Waals surface area contributed by atoms with Crippen LogP contribution >= 0.6 is 0 Å². The number of benzene rings is 1. The maximum absolute atomic E-state index is 2.61. The standard InChI is InChI=1S/C51H98N/c1-6-9-12-15-18-21-24-26-27-29-32-35-38-44-49-52(51(4,5)50-45-40-39-41-46-50,47-42-36-33-30-23-20-17-14-11-8-3)48-43-37-34-31-28-25-22-19-16-13-10-7-2/h39-41,45-46H,6-38,42-44,47-49H2,1-5H3/q+1. The average molecular weight is 725 g/mol. The molecule has 1 unspecified atom stereocenters. The van der Waals surface area contributed by atoms with Gasteiger partial charge in [-0.3, -0.25) is 0 Å². The lowest BCUT2D eigenvalue weighted by Crippen LogP contribution is -2.61. The molecule has 0 saturated carbocycles. The van der Waals surface area contributed by atoms with E-state index in [9.17, 15) is 0 Å². The Labute approximate surface area is 330 Å². The predicted molar refractivity (Wildman–Crippen MR) is 238 cm³/mol. The van der Waals surface area contributed by atoms with Gasteiger partial charge in [0.2, 0.25) is 0 Å². The Balaban J connectivity index is 2.67. The summed E-state index contributed by atoms with van der Waals surface area (Å²) in [6.45, 7) is 16.3. The third-order valence-corrected chi connectivity index (χ3v) is 13.0. The fourth-order valence-electron chi connectivity index (χ4n) is 9.06. The molecular weight excluding hydrogens is 627 g/mol. The van der Waals surface area contributed by atoms with Gasteiger partial charge in [0.25, 0.3) is 0 Å². The minimum atomic E-state index is 0.162. The molecule has 306 valence electrons. The van der Waals surface area contributed by atoms with Gasteiger partial charge in [-0.15, -0.1) is 0 Å². The van der Waals surface area contributed by atoms with Crippen LogP contribution in [0.5, 0.6) is 0 Å². The third kappa shape index (κ3) is 25.3. The highest BCUT2D eigenvalue weighted by Crippen LogP contribution is 2.37. The molecule has 1 nitrogen and oxygen atoms in total. The molecule has 1 aromatic carbocycles. The van der Waals surface area contributed by atoms with E-state index in [1.165, 1.54) is 255 Å². The van der Waals surface area contributed by atoms with Crippen molar-refractivity contribution in [3.63, 3.8) is 0 Å². The third-order valence-electron chi connectivity index (χ3n) is 13.0. The topological polar surface area (TPSA) is 0 Å². The Bertz CT molecular complexity index is 829. The van der Waals surface area contributed by atoms with Crippen molar-refractivity contribution in [1.29, 1.82) is 0 Å². The van der Waals surface area contributed by atoms with Crippen LogP contribution in [0.25, 0.3) is 0 Å². The number of unbranched alkanes of at least 4 members (excludes halogenated alkanes) is 33. The molecule has 0 N–H and O–H groups in total. The zero-order valence-corrected chi connectivity index (χ0v) is 36.9. The second-order valence-corrected chi connectivity index (χ2v) is 17.9. The molecule has 0 aromatic heterocycles. The quantitative estimate of drug-likeness (QED) is 0.0466. The van der Waals surface area contributed by atoms with Crippen LogP contribution in [0.3, 0.4) is 0 Å². The molecule has 0 amide bonds. The molecule has 0 aliphatic rings. The molecule has 0 aliphatic heterocycles. The monoisotopic (exact) mass is 725 g/mol. The van der Waals surface area contributed by atoms with Gasteiger partial charge in [0, 0.05) is 5.56 Å². The van der Waals surface area contributed by atoms with Crippen molar-refractivity contribution in [2.45, 2.75) is 271 Å². The summed E-state index contributed by atoms with van der Waals surface area (Å²) in [5.41, 5.74) is 1.72. The number of quaternary nitrogens is 1. The van der Waals surface area contributed by atoms with Gasteiger partial charge < -0.3 is 4.48 Å². The molecule has 52 heavy (non-hydrogen) atoms. The molecule has 0 radical (unpaired) electrons. The van der Waals surface area contributed by atoms with Crippen molar-refractivity contribution >= 4 is 0 Å². The van der Waals surface area contributed by atoms with E-state index in [1.807, 2.05) is 0 Å². The highest BCUT2D eigenvalue weighted by Gasteiger charge is 2.43. The van der Waals surface area contributed by atoms with Crippen LogP contribution in [-0.4, -0.2) is 24.1 Å². The first-order valence-corrected chi connectivity index (χ1v) is 24.5. The van der Waals surface area contributed by atoms with Gasteiger partial charge in [0.05, 0.1) is 19.6 Å². The molecule has 0 spiro atoms. The summed E-state index contributed by atoms with van der Waals surface area (Å²) in [7, 11) is 0. The van der Waals surface area contributed by atoms with Crippen LogP contribution in [0.4, 0.5) is 0 Å². The molecule has 1 heteroatoms. The molecule has 0 fully saturated rings. The largest absolute Gasteiger partial charge is 0.315 e. The molecular formula is C51H98N+. The Hall–Kier alpha value is -0.820. The van der Waals surface area contributed by atoms with Gasteiger partial charge in [-0.1, -0.05) is 244 Å². The zero-order valence-electron chi connectivity index (χ0n) is 36.9. The van der Waals surface area contributed by atoms with Gasteiger partial charge in [0.1, 0.15) is 5.54 Å². The van der Waals surface area contributed by atoms with E-state index in [-0.39, 0.29) is 5.54 Å². The first-order chi connectivity index (χ1) is 25.5. The van der Waals surface area contributed by atoms with Crippen molar-refractivity contribution < 1.29 is 4.48 Å². The van der Waals surface area contributed by atoms with Crippen molar-refractivity contribution in [3.8, 4) is 0 Å². The predicted octanol–water partition coefficient (Wildman–Crippen LogP) is 17.8. The number of hydrogen-bond donors (Lipinski definition) is 0. The highest BCUT2D eigenvalue weighted by atomic mass is 15.4. The molecule has 0 bridgehead atoms. The summed E-state index contributed by atoms with van der Waals surface area (Å²) in [4.78, 5) is 0. The van der Waals surface area contributed by atoms with E-state index in [1.54, 1.807) is 5.56 Å². The average Bonchev–Trinajstić information content (AvgIpc) is 3.16. The van der Waals surface area contributed by atoms with Gasteiger partial charge in [0.15, 0.2) is 0 Å². The van der Waals surface area contributed by atoms with Crippen LogP contribution in [0.15, 0.2) is 30.3 Å². The van der Waals surface area contributed by atoms with Gasteiger partial charge >= 0.3 is 0 Å². The van der Waals surface area contributed by atoms with Crippen LogP contribution in [0.1, 0.15) is 271 Å². The molecule has 1 aromatic rings. The van der Waals surface area contributed by atoms with Crippen LogP contribution in [0, 0.1) is 0 Å². The second kappa shape index (κ2) is 35.9. The number of nitrogens with zero attached hydrogens (tertiary/aromatic N) is 1. The smallest absolute Gasteiger partial charge is 0.119 e. The minimum absolute atomic E-state index is 0.162. The molecule has 0 aliphatic carbocycles.